The molecule has 0 unspecified atom stereocenters. The Labute approximate surface area is 188 Å². The molecule has 0 amide bonds. The van der Waals surface area contributed by atoms with Gasteiger partial charge in [0.2, 0.25) is 0 Å². The zero-order chi connectivity index (χ0) is 20.8. The van der Waals surface area contributed by atoms with Gasteiger partial charge in [-0.2, -0.15) is 5.26 Å². The van der Waals surface area contributed by atoms with E-state index in [1.54, 1.807) is 37.5 Å². The lowest BCUT2D eigenvalue weighted by Gasteiger charge is -2.14. The first-order valence-corrected chi connectivity index (χ1v) is 10.2. The minimum Gasteiger partial charge on any atom is -0.493 e. The monoisotopic (exact) mass is 487 g/mol. The van der Waals surface area contributed by atoms with Crippen molar-refractivity contribution in [2.24, 2.45) is 0 Å². The largest absolute Gasteiger partial charge is 0.493 e. The van der Waals surface area contributed by atoms with Gasteiger partial charge in [0.25, 0.3) is 0 Å². The average Bonchev–Trinajstić information content (AvgIpc) is 2.72. The van der Waals surface area contributed by atoms with Crippen molar-refractivity contribution in [2.45, 2.75) is 6.61 Å². The summed E-state index contributed by atoms with van der Waals surface area (Å²) in [5, 5.41) is 10.6. The van der Waals surface area contributed by atoms with E-state index in [9.17, 15) is 5.26 Å². The molecular formula is C23H16BrCl2NO2. The van der Waals surface area contributed by atoms with E-state index in [0.29, 0.717) is 33.7 Å². The van der Waals surface area contributed by atoms with Crippen molar-refractivity contribution in [1.29, 1.82) is 5.26 Å². The summed E-state index contributed by atoms with van der Waals surface area (Å²) >= 11 is 15.8. The van der Waals surface area contributed by atoms with Crippen LogP contribution >= 0.6 is 39.1 Å². The predicted molar refractivity (Wildman–Crippen MR) is 121 cm³/mol. The third-order valence-corrected chi connectivity index (χ3v) is 5.20. The Morgan fingerprint density at radius 2 is 1.76 bits per heavy atom. The Morgan fingerprint density at radius 3 is 2.38 bits per heavy atom. The van der Waals surface area contributed by atoms with Crippen molar-refractivity contribution in [1.82, 2.24) is 0 Å². The molecule has 3 nitrogen and oxygen atoms in total. The number of allylic oxidation sites excluding steroid dienone is 1. The maximum atomic E-state index is 9.56. The molecule has 3 rings (SSSR count). The molecule has 29 heavy (non-hydrogen) atoms. The second kappa shape index (κ2) is 9.84. The highest BCUT2D eigenvalue weighted by Crippen LogP contribution is 2.38. The highest BCUT2D eigenvalue weighted by Gasteiger charge is 2.13. The molecule has 0 aliphatic rings. The standard InChI is InChI=1S/C23H16BrCl2NO2/c1-28-22-12-16(10-18(13-27)17-4-6-19(24)7-5-17)11-21(26)23(22)29-14-15-2-8-20(25)9-3-15/h2-12H,14H2,1H3/b18-10-. The summed E-state index contributed by atoms with van der Waals surface area (Å²) in [5.74, 6) is 0.939. The van der Waals surface area contributed by atoms with Gasteiger partial charge >= 0.3 is 0 Å². The number of methoxy groups -OCH3 is 1. The lowest BCUT2D eigenvalue weighted by Crippen LogP contribution is -1.99. The zero-order valence-corrected chi connectivity index (χ0v) is 18.6. The summed E-state index contributed by atoms with van der Waals surface area (Å²) < 4.78 is 12.3. The molecular weight excluding hydrogens is 473 g/mol. The van der Waals surface area contributed by atoms with Crippen molar-refractivity contribution in [2.75, 3.05) is 7.11 Å². The molecule has 0 N–H and O–H groups in total. The first kappa shape index (κ1) is 21.3. The number of nitrogens with zero attached hydrogens (tertiary/aromatic N) is 1. The van der Waals surface area contributed by atoms with Gasteiger partial charge in [-0.3, -0.25) is 0 Å². The van der Waals surface area contributed by atoms with Gasteiger partial charge in [-0.1, -0.05) is 63.4 Å². The molecule has 0 aliphatic heterocycles. The van der Waals surface area contributed by atoms with Gasteiger partial charge in [0, 0.05) is 9.50 Å². The highest BCUT2D eigenvalue weighted by molar-refractivity contribution is 9.10. The molecule has 0 aliphatic carbocycles. The Hall–Kier alpha value is -2.45. The smallest absolute Gasteiger partial charge is 0.180 e. The lowest BCUT2D eigenvalue weighted by molar-refractivity contribution is 0.284. The van der Waals surface area contributed by atoms with Crippen LogP contribution < -0.4 is 9.47 Å². The van der Waals surface area contributed by atoms with Crippen LogP contribution in [0.15, 0.2) is 65.1 Å². The van der Waals surface area contributed by atoms with Crippen LogP contribution in [0.25, 0.3) is 11.6 Å². The predicted octanol–water partition coefficient (Wildman–Crippen LogP) is 7.41. The third-order valence-electron chi connectivity index (χ3n) is 4.13. The van der Waals surface area contributed by atoms with E-state index in [1.165, 1.54) is 0 Å². The molecule has 0 saturated heterocycles. The second-order valence-corrected chi connectivity index (χ2v) is 7.89. The van der Waals surface area contributed by atoms with E-state index in [4.69, 9.17) is 32.7 Å². The normalized spacial score (nSPS) is 11.1. The number of ether oxygens (including phenoxy) is 2. The summed E-state index contributed by atoms with van der Waals surface area (Å²) in [6.45, 7) is 0.324. The molecule has 0 saturated carbocycles. The van der Waals surface area contributed by atoms with E-state index in [2.05, 4.69) is 22.0 Å². The van der Waals surface area contributed by atoms with Crippen molar-refractivity contribution >= 4 is 50.8 Å². The average molecular weight is 489 g/mol. The summed E-state index contributed by atoms with van der Waals surface area (Å²) in [6.07, 6.45) is 1.76. The van der Waals surface area contributed by atoms with Gasteiger partial charge in [-0.05, 0) is 59.2 Å². The van der Waals surface area contributed by atoms with Gasteiger partial charge in [0.15, 0.2) is 11.5 Å². The molecule has 0 radical (unpaired) electrons. The van der Waals surface area contributed by atoms with Crippen LogP contribution in [0.3, 0.4) is 0 Å². The first-order chi connectivity index (χ1) is 14.0. The van der Waals surface area contributed by atoms with Crippen molar-refractivity contribution in [3.8, 4) is 17.6 Å². The summed E-state index contributed by atoms with van der Waals surface area (Å²) in [4.78, 5) is 0. The molecule has 6 heteroatoms. The minimum atomic E-state index is 0.324. The topological polar surface area (TPSA) is 42.2 Å². The maximum absolute atomic E-state index is 9.56. The van der Waals surface area contributed by atoms with Gasteiger partial charge in [0.05, 0.1) is 23.8 Å². The zero-order valence-electron chi connectivity index (χ0n) is 15.5. The van der Waals surface area contributed by atoms with Gasteiger partial charge in [-0.25, -0.2) is 0 Å². The minimum absolute atomic E-state index is 0.324. The van der Waals surface area contributed by atoms with Crippen molar-refractivity contribution < 1.29 is 9.47 Å². The molecule has 146 valence electrons. The Balaban J connectivity index is 1.88. The van der Waals surface area contributed by atoms with E-state index < -0.39 is 0 Å². The van der Waals surface area contributed by atoms with E-state index >= 15 is 0 Å². The highest BCUT2D eigenvalue weighted by atomic mass is 79.9. The van der Waals surface area contributed by atoms with Crippen LogP contribution in [-0.2, 0) is 6.61 Å². The Morgan fingerprint density at radius 1 is 1.07 bits per heavy atom. The fourth-order valence-electron chi connectivity index (χ4n) is 2.68. The quantitative estimate of drug-likeness (QED) is 0.268. The molecule has 0 atom stereocenters. The van der Waals surface area contributed by atoms with Gasteiger partial charge in [0.1, 0.15) is 6.61 Å². The van der Waals surface area contributed by atoms with E-state index in [0.717, 1.165) is 21.2 Å². The number of hydrogen-bond acceptors (Lipinski definition) is 3. The van der Waals surface area contributed by atoms with Crippen LogP contribution in [0.2, 0.25) is 10.0 Å². The van der Waals surface area contributed by atoms with Crippen LogP contribution in [0.1, 0.15) is 16.7 Å². The Bertz CT molecular complexity index is 1070. The fraction of sp³-hybridized carbons (Fsp3) is 0.0870. The summed E-state index contributed by atoms with van der Waals surface area (Å²) in [5.41, 5.74) is 3.03. The molecule has 0 heterocycles. The number of nitriles is 1. The number of benzene rings is 3. The van der Waals surface area contributed by atoms with Crippen LogP contribution in [0.4, 0.5) is 0 Å². The fourth-order valence-corrected chi connectivity index (χ4v) is 3.34. The third kappa shape index (κ3) is 5.55. The van der Waals surface area contributed by atoms with E-state index in [-0.39, 0.29) is 0 Å². The molecule has 0 spiro atoms. The van der Waals surface area contributed by atoms with Crippen LogP contribution in [0.5, 0.6) is 11.5 Å². The second-order valence-electron chi connectivity index (χ2n) is 6.13. The lowest BCUT2D eigenvalue weighted by atomic mass is 10.0. The molecule has 0 aromatic heterocycles. The van der Waals surface area contributed by atoms with Crippen molar-refractivity contribution in [3.05, 3.63) is 91.9 Å². The number of halogens is 3. The van der Waals surface area contributed by atoms with Gasteiger partial charge in [-0.15, -0.1) is 0 Å². The summed E-state index contributed by atoms with van der Waals surface area (Å²) in [7, 11) is 1.55. The molecule has 3 aromatic rings. The molecule has 0 fully saturated rings. The van der Waals surface area contributed by atoms with Crippen LogP contribution in [-0.4, -0.2) is 7.11 Å². The number of hydrogen-bond donors (Lipinski definition) is 0. The van der Waals surface area contributed by atoms with Gasteiger partial charge < -0.3 is 9.47 Å². The maximum Gasteiger partial charge on any atom is 0.180 e. The molecule has 0 bridgehead atoms. The van der Waals surface area contributed by atoms with Crippen LogP contribution in [0, 0.1) is 11.3 Å². The SMILES string of the molecule is COc1cc(/C=C(/C#N)c2ccc(Br)cc2)cc(Cl)c1OCc1ccc(Cl)cc1. The van der Waals surface area contributed by atoms with E-state index in [1.807, 2.05) is 36.4 Å². The Kier molecular flexibility index (Phi) is 7.22. The first-order valence-electron chi connectivity index (χ1n) is 8.62. The molecule has 3 aromatic carbocycles. The summed E-state index contributed by atoms with van der Waals surface area (Å²) in [6, 6.07) is 20.7. The van der Waals surface area contributed by atoms with Crippen molar-refractivity contribution in [3.63, 3.8) is 0 Å². The number of rotatable bonds is 6.